The molecule has 0 aromatic heterocycles. The normalized spacial score (nSPS) is 24.3. The zero-order chi connectivity index (χ0) is 14.8. The van der Waals surface area contributed by atoms with Crippen LogP contribution in [0.3, 0.4) is 0 Å². The minimum Gasteiger partial charge on any atom is -0.331 e. The Morgan fingerprint density at radius 1 is 1.32 bits per heavy atom. The molecule has 6 heteroatoms. The van der Waals surface area contributed by atoms with Crippen LogP contribution in [0, 0.1) is 11.3 Å². The molecule has 0 aromatic rings. The predicted molar refractivity (Wildman–Crippen MR) is 67.7 cm³/mol. The van der Waals surface area contributed by atoms with Gasteiger partial charge in [0.1, 0.15) is 6.54 Å². The van der Waals surface area contributed by atoms with E-state index in [4.69, 9.17) is 0 Å². The van der Waals surface area contributed by atoms with E-state index in [-0.39, 0.29) is 11.8 Å². The molecule has 3 nitrogen and oxygen atoms in total. The molecule has 0 bridgehead atoms. The number of nitrogens with zero attached hydrogens (tertiary/aromatic N) is 1. The number of carbonyl (C=O) groups excluding carboxylic acids is 1. The monoisotopic (exact) mass is 280 g/mol. The zero-order valence-electron chi connectivity index (χ0n) is 12.0. The van der Waals surface area contributed by atoms with E-state index in [0.29, 0.717) is 19.5 Å². The second-order valence-corrected chi connectivity index (χ2v) is 5.88. The first kappa shape index (κ1) is 16.3. The fraction of sp³-hybridized carbons (Fsp3) is 0.923. The van der Waals surface area contributed by atoms with Gasteiger partial charge in [-0.05, 0) is 32.7 Å². The summed E-state index contributed by atoms with van der Waals surface area (Å²) in [5, 5.41) is 3.10. The van der Waals surface area contributed by atoms with Gasteiger partial charge in [-0.3, -0.25) is 4.79 Å². The van der Waals surface area contributed by atoms with Crippen LogP contribution in [0.5, 0.6) is 0 Å². The van der Waals surface area contributed by atoms with E-state index < -0.39 is 24.2 Å². The first-order valence-electron chi connectivity index (χ1n) is 6.68. The van der Waals surface area contributed by atoms with Crippen molar-refractivity contribution in [1.29, 1.82) is 0 Å². The van der Waals surface area contributed by atoms with Crippen LogP contribution < -0.4 is 5.32 Å². The van der Waals surface area contributed by atoms with Crippen molar-refractivity contribution in [3.8, 4) is 0 Å². The maximum Gasteiger partial charge on any atom is 0.406 e. The maximum atomic E-state index is 12.6. The molecule has 1 aliphatic rings. The summed E-state index contributed by atoms with van der Waals surface area (Å²) < 4.78 is 37.9. The Labute approximate surface area is 112 Å². The van der Waals surface area contributed by atoms with Gasteiger partial charge in [-0.25, -0.2) is 0 Å². The lowest BCUT2D eigenvalue weighted by Gasteiger charge is -2.39. The summed E-state index contributed by atoms with van der Waals surface area (Å²) in [5.74, 6) is -0.357. The molecule has 1 saturated heterocycles. The fourth-order valence-electron chi connectivity index (χ4n) is 2.60. The molecular formula is C13H23F3N2O. The summed E-state index contributed by atoms with van der Waals surface area (Å²) in [6, 6.07) is -0.453. The number of halogens is 3. The molecule has 1 N–H and O–H groups in total. The quantitative estimate of drug-likeness (QED) is 0.857. The lowest BCUT2D eigenvalue weighted by Crippen LogP contribution is -2.53. The molecule has 0 radical (unpaired) electrons. The number of hydrogen-bond donors (Lipinski definition) is 1. The Morgan fingerprint density at radius 2 is 1.89 bits per heavy atom. The third kappa shape index (κ3) is 3.61. The van der Waals surface area contributed by atoms with Crippen LogP contribution in [0.1, 0.15) is 34.1 Å². The van der Waals surface area contributed by atoms with Crippen LogP contribution in [-0.4, -0.2) is 42.7 Å². The number of carbonyl (C=O) groups is 1. The van der Waals surface area contributed by atoms with Gasteiger partial charge >= 0.3 is 6.18 Å². The van der Waals surface area contributed by atoms with Crippen LogP contribution in [-0.2, 0) is 4.79 Å². The third-order valence-electron chi connectivity index (χ3n) is 3.95. The number of rotatable bonds is 4. The number of amides is 1. The molecular weight excluding hydrogens is 257 g/mol. The second-order valence-electron chi connectivity index (χ2n) is 5.88. The lowest BCUT2D eigenvalue weighted by molar-refractivity contribution is -0.172. The average Bonchev–Trinajstić information content (AvgIpc) is 2.73. The molecule has 1 fully saturated rings. The maximum absolute atomic E-state index is 12.6. The molecule has 1 atom stereocenters. The summed E-state index contributed by atoms with van der Waals surface area (Å²) in [6.07, 6.45) is -3.76. The Balaban J connectivity index is 2.98. The van der Waals surface area contributed by atoms with Crippen molar-refractivity contribution < 1.29 is 18.0 Å². The summed E-state index contributed by atoms with van der Waals surface area (Å²) in [7, 11) is 0. The molecule has 0 saturated carbocycles. The standard InChI is InChI=1S/C13H23F3N2O/c1-9(2)12(5-6-17-7-12)11(19)18(10(3)4)8-13(14,15)16/h9-10,17H,5-8H2,1-4H3. The summed E-state index contributed by atoms with van der Waals surface area (Å²) in [4.78, 5) is 13.6. The predicted octanol–water partition coefficient (Wildman–Crippen LogP) is 2.42. The molecule has 0 spiro atoms. The Hall–Kier alpha value is -0.780. The highest BCUT2D eigenvalue weighted by atomic mass is 19.4. The molecule has 1 amide bonds. The van der Waals surface area contributed by atoms with Gasteiger partial charge in [-0.15, -0.1) is 0 Å². The van der Waals surface area contributed by atoms with Gasteiger partial charge < -0.3 is 10.2 Å². The van der Waals surface area contributed by atoms with Crippen molar-refractivity contribution >= 4 is 5.91 Å². The molecule has 0 aromatic carbocycles. The van der Waals surface area contributed by atoms with Crippen LogP contribution in [0.4, 0.5) is 13.2 Å². The molecule has 1 rings (SSSR count). The van der Waals surface area contributed by atoms with Gasteiger partial charge in [0.05, 0.1) is 5.41 Å². The first-order valence-corrected chi connectivity index (χ1v) is 6.68. The van der Waals surface area contributed by atoms with Crippen LogP contribution in [0.25, 0.3) is 0 Å². The Morgan fingerprint density at radius 3 is 2.21 bits per heavy atom. The van der Waals surface area contributed by atoms with Crippen molar-refractivity contribution in [3.63, 3.8) is 0 Å². The van der Waals surface area contributed by atoms with Gasteiger partial charge in [0.25, 0.3) is 0 Å². The second kappa shape index (κ2) is 5.69. The van der Waals surface area contributed by atoms with Crippen LogP contribution >= 0.6 is 0 Å². The topological polar surface area (TPSA) is 32.3 Å². The van der Waals surface area contributed by atoms with E-state index in [1.165, 1.54) is 0 Å². The van der Waals surface area contributed by atoms with E-state index in [9.17, 15) is 18.0 Å². The Kier molecular flexibility index (Phi) is 4.87. The van der Waals surface area contributed by atoms with Crippen LogP contribution in [0.2, 0.25) is 0 Å². The fourth-order valence-corrected chi connectivity index (χ4v) is 2.60. The van der Waals surface area contributed by atoms with Crippen molar-refractivity contribution in [2.45, 2.75) is 46.3 Å². The average molecular weight is 280 g/mol. The molecule has 1 aliphatic heterocycles. The molecule has 19 heavy (non-hydrogen) atoms. The minimum absolute atomic E-state index is 0.0180. The van der Waals surface area contributed by atoms with Gasteiger partial charge in [-0.1, -0.05) is 13.8 Å². The lowest BCUT2D eigenvalue weighted by atomic mass is 9.75. The van der Waals surface area contributed by atoms with Gasteiger partial charge in [-0.2, -0.15) is 13.2 Å². The highest BCUT2D eigenvalue weighted by molar-refractivity contribution is 5.84. The van der Waals surface area contributed by atoms with Gasteiger partial charge in [0, 0.05) is 12.6 Å². The highest BCUT2D eigenvalue weighted by Crippen LogP contribution is 2.37. The van der Waals surface area contributed by atoms with E-state index >= 15 is 0 Å². The summed E-state index contributed by atoms with van der Waals surface area (Å²) in [5.41, 5.74) is -0.699. The number of alkyl halides is 3. The molecule has 0 aliphatic carbocycles. The van der Waals surface area contributed by atoms with Crippen molar-refractivity contribution in [2.75, 3.05) is 19.6 Å². The Bertz CT molecular complexity index is 320. The summed E-state index contributed by atoms with van der Waals surface area (Å²) in [6.45, 7) is 7.03. The van der Waals surface area contributed by atoms with E-state index in [0.717, 1.165) is 4.90 Å². The smallest absolute Gasteiger partial charge is 0.331 e. The largest absolute Gasteiger partial charge is 0.406 e. The highest BCUT2D eigenvalue weighted by Gasteiger charge is 2.48. The molecule has 1 unspecified atom stereocenters. The molecule has 1 heterocycles. The minimum atomic E-state index is -4.36. The van der Waals surface area contributed by atoms with Crippen molar-refractivity contribution in [3.05, 3.63) is 0 Å². The number of hydrogen-bond acceptors (Lipinski definition) is 2. The van der Waals surface area contributed by atoms with E-state index in [1.54, 1.807) is 13.8 Å². The van der Waals surface area contributed by atoms with Crippen molar-refractivity contribution in [2.24, 2.45) is 11.3 Å². The van der Waals surface area contributed by atoms with Crippen LogP contribution in [0.15, 0.2) is 0 Å². The zero-order valence-corrected chi connectivity index (χ0v) is 12.0. The molecule has 112 valence electrons. The third-order valence-corrected chi connectivity index (χ3v) is 3.95. The number of nitrogens with one attached hydrogen (secondary N) is 1. The van der Waals surface area contributed by atoms with E-state index in [2.05, 4.69) is 5.32 Å². The van der Waals surface area contributed by atoms with Crippen molar-refractivity contribution in [1.82, 2.24) is 10.2 Å². The SMILES string of the molecule is CC(C)N(CC(F)(F)F)C(=O)C1(C(C)C)CCNC1. The summed E-state index contributed by atoms with van der Waals surface area (Å²) >= 11 is 0. The van der Waals surface area contributed by atoms with Gasteiger partial charge in [0.2, 0.25) is 5.91 Å². The van der Waals surface area contributed by atoms with Gasteiger partial charge in [0.15, 0.2) is 0 Å². The van der Waals surface area contributed by atoms with E-state index in [1.807, 2.05) is 13.8 Å². The first-order chi connectivity index (χ1) is 8.60.